The van der Waals surface area contributed by atoms with Gasteiger partial charge in [0.15, 0.2) is 5.11 Å². The number of thiocarbonyl (C=S) groups is 1. The summed E-state index contributed by atoms with van der Waals surface area (Å²) in [5, 5.41) is 16.3. The molecule has 0 saturated heterocycles. The highest BCUT2D eigenvalue weighted by molar-refractivity contribution is 7.80. The minimum absolute atomic E-state index is 0.505. The molecule has 2 aromatic heterocycles. The van der Waals surface area contributed by atoms with E-state index in [1.54, 1.807) is 4.68 Å². The third kappa shape index (κ3) is 4.20. The van der Waals surface area contributed by atoms with Gasteiger partial charge in [-0.15, -0.1) is 0 Å². The molecule has 2 heterocycles. The SMILES string of the molecule is CCn1cc(CNC(=S)NCc2nn(CC)cc2Cl)c(C)n1. The first-order valence-corrected chi connectivity index (χ1v) is 8.08. The monoisotopic (exact) mass is 340 g/mol. The summed E-state index contributed by atoms with van der Waals surface area (Å²) in [7, 11) is 0. The molecule has 0 bridgehead atoms. The standard InChI is InChI=1S/C14H21ClN6S/c1-4-20-8-11(10(3)18-20)6-16-14(22)17-7-13-12(15)9-21(5-2)19-13/h8-9H,4-7H2,1-3H3,(H2,16,17,22). The minimum Gasteiger partial charge on any atom is -0.359 e. The highest BCUT2D eigenvalue weighted by atomic mass is 35.5. The van der Waals surface area contributed by atoms with E-state index in [1.165, 1.54) is 0 Å². The fourth-order valence-corrected chi connectivity index (χ4v) is 2.38. The zero-order valence-corrected chi connectivity index (χ0v) is 14.6. The summed E-state index contributed by atoms with van der Waals surface area (Å²) < 4.78 is 3.72. The van der Waals surface area contributed by atoms with Crippen molar-refractivity contribution in [3.05, 3.63) is 34.4 Å². The topological polar surface area (TPSA) is 59.7 Å². The maximum atomic E-state index is 6.12. The summed E-state index contributed by atoms with van der Waals surface area (Å²) in [5.41, 5.74) is 2.95. The van der Waals surface area contributed by atoms with Crippen molar-refractivity contribution in [2.45, 2.75) is 47.0 Å². The Kier molecular flexibility index (Phi) is 5.79. The smallest absolute Gasteiger partial charge is 0.166 e. The Bertz CT molecular complexity index is 594. The first-order valence-electron chi connectivity index (χ1n) is 7.29. The maximum Gasteiger partial charge on any atom is 0.166 e. The Morgan fingerprint density at radius 1 is 1.14 bits per heavy atom. The fraction of sp³-hybridized carbons (Fsp3) is 0.500. The van der Waals surface area contributed by atoms with Crippen LogP contribution in [-0.4, -0.2) is 24.7 Å². The number of aryl methyl sites for hydroxylation is 3. The molecule has 2 rings (SSSR count). The highest BCUT2D eigenvalue weighted by Crippen LogP contribution is 2.13. The minimum atomic E-state index is 0.505. The van der Waals surface area contributed by atoms with Gasteiger partial charge in [-0.05, 0) is 33.0 Å². The summed E-state index contributed by atoms with van der Waals surface area (Å²) in [6.45, 7) is 8.89. The zero-order chi connectivity index (χ0) is 16.1. The van der Waals surface area contributed by atoms with E-state index in [9.17, 15) is 0 Å². The average molecular weight is 341 g/mol. The lowest BCUT2D eigenvalue weighted by molar-refractivity contribution is 0.642. The molecule has 22 heavy (non-hydrogen) atoms. The normalized spacial score (nSPS) is 10.7. The van der Waals surface area contributed by atoms with Crippen LogP contribution in [0.5, 0.6) is 0 Å². The average Bonchev–Trinajstić information content (AvgIpc) is 3.05. The van der Waals surface area contributed by atoms with Gasteiger partial charge >= 0.3 is 0 Å². The molecule has 2 aromatic rings. The van der Waals surface area contributed by atoms with E-state index in [4.69, 9.17) is 23.8 Å². The molecule has 0 amide bonds. The van der Waals surface area contributed by atoms with Crippen molar-refractivity contribution in [2.75, 3.05) is 0 Å². The van der Waals surface area contributed by atoms with Gasteiger partial charge in [0.2, 0.25) is 0 Å². The van der Waals surface area contributed by atoms with Gasteiger partial charge in [-0.25, -0.2) is 0 Å². The maximum absolute atomic E-state index is 6.12. The Hall–Kier alpha value is -1.60. The Balaban J connectivity index is 1.82. The summed E-state index contributed by atoms with van der Waals surface area (Å²) in [6.07, 6.45) is 3.85. The summed E-state index contributed by atoms with van der Waals surface area (Å²) in [4.78, 5) is 0. The number of nitrogens with zero attached hydrogens (tertiary/aromatic N) is 4. The van der Waals surface area contributed by atoms with Crippen molar-refractivity contribution in [2.24, 2.45) is 0 Å². The van der Waals surface area contributed by atoms with Crippen LogP contribution >= 0.6 is 23.8 Å². The molecule has 0 fully saturated rings. The number of aromatic nitrogens is 4. The van der Waals surface area contributed by atoms with E-state index < -0.39 is 0 Å². The molecule has 0 aliphatic rings. The molecular weight excluding hydrogens is 320 g/mol. The lowest BCUT2D eigenvalue weighted by atomic mass is 10.3. The van der Waals surface area contributed by atoms with Crippen molar-refractivity contribution in [3.8, 4) is 0 Å². The molecule has 2 N–H and O–H groups in total. The van der Waals surface area contributed by atoms with Crippen LogP contribution in [0.2, 0.25) is 5.02 Å². The predicted octanol–water partition coefficient (Wildman–Crippen LogP) is 2.25. The first-order chi connectivity index (χ1) is 10.5. The molecule has 6 nitrogen and oxygen atoms in total. The number of hydrogen-bond donors (Lipinski definition) is 2. The molecule has 0 spiro atoms. The van der Waals surface area contributed by atoms with Crippen LogP contribution in [0.4, 0.5) is 0 Å². The zero-order valence-electron chi connectivity index (χ0n) is 13.1. The van der Waals surface area contributed by atoms with Gasteiger partial charge in [-0.2, -0.15) is 10.2 Å². The van der Waals surface area contributed by atoms with Crippen molar-refractivity contribution < 1.29 is 0 Å². The van der Waals surface area contributed by atoms with Crippen LogP contribution in [0.3, 0.4) is 0 Å². The van der Waals surface area contributed by atoms with E-state index in [2.05, 4.69) is 27.8 Å². The third-order valence-electron chi connectivity index (χ3n) is 3.34. The van der Waals surface area contributed by atoms with E-state index in [0.717, 1.165) is 30.0 Å². The van der Waals surface area contributed by atoms with Crippen LogP contribution < -0.4 is 10.6 Å². The molecule has 8 heteroatoms. The van der Waals surface area contributed by atoms with Crippen LogP contribution in [0.1, 0.15) is 30.8 Å². The first kappa shape index (κ1) is 16.8. The van der Waals surface area contributed by atoms with Crippen molar-refractivity contribution in [1.29, 1.82) is 0 Å². The van der Waals surface area contributed by atoms with Gasteiger partial charge in [0, 0.05) is 37.6 Å². The van der Waals surface area contributed by atoms with E-state index in [0.29, 0.717) is 23.2 Å². The second kappa shape index (κ2) is 7.60. The summed E-state index contributed by atoms with van der Waals surface area (Å²) in [6, 6.07) is 0. The van der Waals surface area contributed by atoms with Crippen LogP contribution in [-0.2, 0) is 26.2 Å². The van der Waals surface area contributed by atoms with Gasteiger partial charge in [-0.1, -0.05) is 11.6 Å². The molecule has 0 radical (unpaired) electrons. The molecule has 0 aliphatic heterocycles. The number of halogens is 1. The lowest BCUT2D eigenvalue weighted by Gasteiger charge is -2.09. The van der Waals surface area contributed by atoms with E-state index >= 15 is 0 Å². The molecule has 0 atom stereocenters. The third-order valence-corrected chi connectivity index (χ3v) is 3.94. The van der Waals surface area contributed by atoms with Crippen LogP contribution in [0.25, 0.3) is 0 Å². The Morgan fingerprint density at radius 3 is 2.36 bits per heavy atom. The largest absolute Gasteiger partial charge is 0.359 e. The van der Waals surface area contributed by atoms with Gasteiger partial charge in [0.25, 0.3) is 0 Å². The van der Waals surface area contributed by atoms with E-state index in [-0.39, 0.29) is 0 Å². The van der Waals surface area contributed by atoms with Gasteiger partial charge in [0.1, 0.15) is 5.69 Å². The number of rotatable bonds is 6. The van der Waals surface area contributed by atoms with Crippen molar-refractivity contribution in [1.82, 2.24) is 30.2 Å². The Labute approximate surface area is 140 Å². The van der Waals surface area contributed by atoms with Crippen molar-refractivity contribution in [3.63, 3.8) is 0 Å². The number of hydrogen-bond acceptors (Lipinski definition) is 3. The number of nitrogens with one attached hydrogen (secondary N) is 2. The molecule has 0 aliphatic carbocycles. The second-order valence-corrected chi connectivity index (χ2v) is 5.73. The second-order valence-electron chi connectivity index (χ2n) is 4.91. The van der Waals surface area contributed by atoms with Gasteiger partial charge in [-0.3, -0.25) is 9.36 Å². The Morgan fingerprint density at radius 2 is 1.77 bits per heavy atom. The molecule has 120 valence electrons. The molecular formula is C14H21ClN6S. The van der Waals surface area contributed by atoms with Gasteiger partial charge < -0.3 is 10.6 Å². The van der Waals surface area contributed by atoms with Gasteiger partial charge in [0.05, 0.1) is 17.3 Å². The van der Waals surface area contributed by atoms with Crippen molar-refractivity contribution >= 4 is 28.9 Å². The van der Waals surface area contributed by atoms with E-state index in [1.807, 2.05) is 30.9 Å². The summed E-state index contributed by atoms with van der Waals surface area (Å²) >= 11 is 11.4. The predicted molar refractivity (Wildman–Crippen MR) is 91.8 cm³/mol. The molecule has 0 unspecified atom stereocenters. The summed E-state index contributed by atoms with van der Waals surface area (Å²) in [5.74, 6) is 0. The highest BCUT2D eigenvalue weighted by Gasteiger charge is 2.08. The quantitative estimate of drug-likeness (QED) is 0.790. The molecule has 0 aromatic carbocycles. The van der Waals surface area contributed by atoms with Crippen LogP contribution in [0, 0.1) is 6.92 Å². The lowest BCUT2D eigenvalue weighted by Crippen LogP contribution is -2.34. The van der Waals surface area contributed by atoms with Crippen LogP contribution in [0.15, 0.2) is 12.4 Å². The fourth-order valence-electron chi connectivity index (χ4n) is 2.02. The molecule has 0 saturated carbocycles.